The Morgan fingerprint density at radius 1 is 1.12 bits per heavy atom. The Morgan fingerprint density at radius 3 is 2.56 bits per heavy atom. The Morgan fingerprint density at radius 2 is 1.85 bits per heavy atom. The van der Waals surface area contributed by atoms with Gasteiger partial charge < -0.3 is 35.1 Å². The first-order chi connectivity index (χ1) is 16.3. The molecule has 2 aromatic carbocycles. The summed E-state index contributed by atoms with van der Waals surface area (Å²) >= 11 is 0. The molecule has 1 aliphatic heterocycles. The second-order valence-corrected chi connectivity index (χ2v) is 8.58. The molecule has 0 aliphatic carbocycles. The molecule has 1 heterocycles. The van der Waals surface area contributed by atoms with Gasteiger partial charge in [-0.2, -0.15) is 0 Å². The highest BCUT2D eigenvalue weighted by Gasteiger charge is 2.25. The summed E-state index contributed by atoms with van der Waals surface area (Å²) in [5, 5.41) is 9.02. The number of amides is 3. The summed E-state index contributed by atoms with van der Waals surface area (Å²) in [6.45, 7) is 5.69. The molecule has 9 heteroatoms. The molecule has 0 aromatic heterocycles. The van der Waals surface area contributed by atoms with Gasteiger partial charge in [0.25, 0.3) is 5.91 Å². The number of anilines is 2. The normalized spacial score (nSPS) is 21.4. The number of urea groups is 1. The first-order valence-electron chi connectivity index (χ1n) is 11.3. The third-order valence-electron chi connectivity index (χ3n) is 5.81. The van der Waals surface area contributed by atoms with Gasteiger partial charge in [0.2, 0.25) is 0 Å². The van der Waals surface area contributed by atoms with Gasteiger partial charge in [-0.3, -0.25) is 4.79 Å². The van der Waals surface area contributed by atoms with Gasteiger partial charge in [0, 0.05) is 56.8 Å². The zero-order chi connectivity index (χ0) is 24.7. The zero-order valence-corrected chi connectivity index (χ0v) is 20.4. The van der Waals surface area contributed by atoms with E-state index < -0.39 is 6.03 Å². The number of fused-ring (bicyclic) bond motifs is 1. The minimum Gasteiger partial charge on any atom is -0.497 e. The van der Waals surface area contributed by atoms with E-state index in [0.717, 1.165) is 6.54 Å². The maximum absolute atomic E-state index is 13.2. The van der Waals surface area contributed by atoms with E-state index in [0.29, 0.717) is 41.6 Å². The van der Waals surface area contributed by atoms with Crippen LogP contribution in [0.4, 0.5) is 16.2 Å². The third kappa shape index (κ3) is 6.61. The lowest BCUT2D eigenvalue weighted by Crippen LogP contribution is -2.44. The van der Waals surface area contributed by atoms with Crippen molar-refractivity contribution < 1.29 is 23.8 Å². The lowest BCUT2D eigenvalue weighted by atomic mass is 10.0. The molecule has 0 saturated carbocycles. The molecule has 2 aromatic rings. The van der Waals surface area contributed by atoms with Crippen molar-refractivity contribution in [2.24, 2.45) is 5.92 Å². The van der Waals surface area contributed by atoms with Gasteiger partial charge in [0.1, 0.15) is 18.1 Å². The second-order valence-electron chi connectivity index (χ2n) is 8.58. The minimum atomic E-state index is -0.420. The van der Waals surface area contributed by atoms with Crippen LogP contribution < -0.4 is 25.4 Å². The molecular weight excluding hydrogens is 436 g/mol. The smallest absolute Gasteiger partial charge is 0.323 e. The second kappa shape index (κ2) is 11.7. The lowest BCUT2D eigenvalue weighted by molar-refractivity contribution is 0.0281. The van der Waals surface area contributed by atoms with Crippen LogP contribution in [0.5, 0.6) is 11.5 Å². The van der Waals surface area contributed by atoms with Crippen molar-refractivity contribution in [2.45, 2.75) is 26.0 Å². The van der Waals surface area contributed by atoms with E-state index in [4.69, 9.17) is 14.2 Å². The molecule has 0 radical (unpaired) electrons. The van der Waals surface area contributed by atoms with Crippen LogP contribution in [0.25, 0.3) is 0 Å². The molecule has 184 valence electrons. The first kappa shape index (κ1) is 25.3. The van der Waals surface area contributed by atoms with Gasteiger partial charge in [-0.25, -0.2) is 4.79 Å². The molecule has 9 nitrogen and oxygen atoms in total. The third-order valence-corrected chi connectivity index (χ3v) is 5.81. The van der Waals surface area contributed by atoms with Crippen molar-refractivity contribution in [1.29, 1.82) is 0 Å². The van der Waals surface area contributed by atoms with Gasteiger partial charge in [-0.05, 0) is 37.1 Å². The van der Waals surface area contributed by atoms with E-state index in [1.165, 1.54) is 0 Å². The standard InChI is InChI=1S/C25H34N4O5/c1-16-13-26-17(2)15-34-22-12-19(9-10-21(22)24(30)29(3)14-23(16)33-5)28-25(31)27-18-7-6-8-20(11-18)32-4/h6-12,16-17,23,26H,13-15H2,1-5H3,(H2,27,28,31)/t16-,17-,23-/m0/s1. The number of nitrogens with one attached hydrogen (secondary N) is 3. The Hall–Kier alpha value is -3.30. The summed E-state index contributed by atoms with van der Waals surface area (Å²) in [4.78, 5) is 27.4. The highest BCUT2D eigenvalue weighted by molar-refractivity contribution is 6.01. The number of carbonyl (C=O) groups is 2. The molecule has 3 amide bonds. The number of hydrogen-bond donors (Lipinski definition) is 3. The largest absolute Gasteiger partial charge is 0.497 e. The predicted molar refractivity (Wildman–Crippen MR) is 132 cm³/mol. The Bertz CT molecular complexity index is 999. The van der Waals surface area contributed by atoms with E-state index in [-0.39, 0.29) is 24.0 Å². The van der Waals surface area contributed by atoms with Gasteiger partial charge in [-0.1, -0.05) is 13.0 Å². The van der Waals surface area contributed by atoms with E-state index in [1.807, 2.05) is 6.92 Å². The number of rotatable bonds is 4. The van der Waals surface area contributed by atoms with E-state index in [1.54, 1.807) is 68.6 Å². The van der Waals surface area contributed by atoms with Crippen molar-refractivity contribution in [3.8, 4) is 11.5 Å². The number of likely N-dealkylation sites (N-methyl/N-ethyl adjacent to an activating group) is 1. The van der Waals surface area contributed by atoms with Crippen LogP contribution in [0.3, 0.4) is 0 Å². The van der Waals surface area contributed by atoms with E-state index in [9.17, 15) is 9.59 Å². The van der Waals surface area contributed by atoms with Gasteiger partial charge in [0.05, 0.1) is 18.8 Å². The average molecular weight is 471 g/mol. The quantitative estimate of drug-likeness (QED) is 0.633. The van der Waals surface area contributed by atoms with Crippen LogP contribution in [0.15, 0.2) is 42.5 Å². The number of benzene rings is 2. The van der Waals surface area contributed by atoms with E-state index in [2.05, 4.69) is 22.9 Å². The van der Waals surface area contributed by atoms with Crippen LogP contribution in [0, 0.1) is 5.92 Å². The molecule has 0 spiro atoms. The van der Waals surface area contributed by atoms with Crippen LogP contribution >= 0.6 is 0 Å². The molecule has 3 atom stereocenters. The molecular formula is C25H34N4O5. The topological polar surface area (TPSA) is 101 Å². The fraction of sp³-hybridized carbons (Fsp3) is 0.440. The maximum atomic E-state index is 13.2. The molecule has 1 aliphatic rings. The van der Waals surface area contributed by atoms with Crippen molar-refractivity contribution in [3.05, 3.63) is 48.0 Å². The van der Waals surface area contributed by atoms with Crippen molar-refractivity contribution in [1.82, 2.24) is 10.2 Å². The van der Waals surface area contributed by atoms with Crippen LogP contribution in [0.2, 0.25) is 0 Å². The number of methoxy groups -OCH3 is 2. The Balaban J connectivity index is 1.79. The molecule has 0 saturated heterocycles. The first-order valence-corrected chi connectivity index (χ1v) is 11.3. The Labute approximate surface area is 200 Å². The Kier molecular flexibility index (Phi) is 8.72. The summed E-state index contributed by atoms with van der Waals surface area (Å²) in [5.74, 6) is 1.10. The van der Waals surface area contributed by atoms with Crippen molar-refractivity contribution in [3.63, 3.8) is 0 Å². The van der Waals surface area contributed by atoms with Crippen LogP contribution in [-0.4, -0.2) is 69.9 Å². The molecule has 0 fully saturated rings. The summed E-state index contributed by atoms with van der Waals surface area (Å²) in [6, 6.07) is 11.7. The van der Waals surface area contributed by atoms with Crippen molar-refractivity contribution in [2.75, 3.05) is 51.6 Å². The SMILES string of the molecule is COc1cccc(NC(=O)Nc2ccc3c(c2)OC[C@H](C)NC[C@H](C)[C@@H](OC)CN(C)C3=O)c1. The monoisotopic (exact) mass is 470 g/mol. The molecule has 0 unspecified atom stereocenters. The number of carbonyl (C=O) groups excluding carboxylic acids is 2. The summed E-state index contributed by atoms with van der Waals surface area (Å²) in [6.07, 6.45) is -0.0984. The van der Waals surface area contributed by atoms with Gasteiger partial charge in [0.15, 0.2) is 0 Å². The summed E-state index contributed by atoms with van der Waals surface area (Å²) in [7, 11) is 4.98. The van der Waals surface area contributed by atoms with Gasteiger partial charge >= 0.3 is 6.03 Å². The average Bonchev–Trinajstić information content (AvgIpc) is 2.83. The molecule has 34 heavy (non-hydrogen) atoms. The maximum Gasteiger partial charge on any atom is 0.323 e. The molecule has 3 N–H and O–H groups in total. The predicted octanol–water partition coefficient (Wildman–Crippen LogP) is 3.43. The number of hydrogen-bond acceptors (Lipinski definition) is 6. The van der Waals surface area contributed by atoms with Crippen molar-refractivity contribution >= 4 is 23.3 Å². The highest BCUT2D eigenvalue weighted by atomic mass is 16.5. The lowest BCUT2D eigenvalue weighted by Gasteiger charge is -2.30. The number of ether oxygens (including phenoxy) is 3. The fourth-order valence-corrected chi connectivity index (χ4v) is 3.73. The summed E-state index contributed by atoms with van der Waals surface area (Å²) in [5.41, 5.74) is 1.53. The highest BCUT2D eigenvalue weighted by Crippen LogP contribution is 2.26. The van der Waals surface area contributed by atoms with Crippen LogP contribution in [0.1, 0.15) is 24.2 Å². The molecule has 0 bridgehead atoms. The van der Waals surface area contributed by atoms with Crippen LogP contribution in [-0.2, 0) is 4.74 Å². The van der Waals surface area contributed by atoms with E-state index >= 15 is 0 Å². The zero-order valence-electron chi connectivity index (χ0n) is 20.4. The number of nitrogens with zero attached hydrogens (tertiary/aromatic N) is 1. The fourth-order valence-electron chi connectivity index (χ4n) is 3.73. The molecule has 3 rings (SSSR count). The van der Waals surface area contributed by atoms with Gasteiger partial charge in [-0.15, -0.1) is 0 Å². The summed E-state index contributed by atoms with van der Waals surface area (Å²) < 4.78 is 16.9. The minimum absolute atomic E-state index is 0.0630.